The first-order chi connectivity index (χ1) is 5.69. The zero-order valence-corrected chi connectivity index (χ0v) is 6.76. The first-order valence-electron chi connectivity index (χ1n) is 4.11. The minimum Gasteiger partial charge on any atom is -0.396 e. The molecule has 0 unspecified atom stereocenters. The molecule has 3 N–H and O–H groups in total. The van der Waals surface area contributed by atoms with Crippen molar-refractivity contribution in [3.05, 3.63) is 0 Å². The summed E-state index contributed by atoms with van der Waals surface area (Å²) in [5.41, 5.74) is 0. The molecule has 1 aliphatic carbocycles. The molecule has 0 bridgehead atoms. The second kappa shape index (κ2) is 3.98. The van der Waals surface area contributed by atoms with Crippen molar-refractivity contribution in [3.8, 4) is 0 Å². The van der Waals surface area contributed by atoms with Crippen molar-refractivity contribution in [2.75, 3.05) is 6.61 Å². The van der Waals surface area contributed by atoms with Crippen LogP contribution < -0.4 is 0 Å². The summed E-state index contributed by atoms with van der Waals surface area (Å²) in [6.45, 7) is -0.104. The van der Waals surface area contributed by atoms with Gasteiger partial charge in [0.15, 0.2) is 0 Å². The lowest BCUT2D eigenvalue weighted by Gasteiger charge is -2.33. The Morgan fingerprint density at radius 1 is 1.25 bits per heavy atom. The van der Waals surface area contributed by atoms with Crippen LogP contribution in [0.4, 0.5) is 0 Å². The highest BCUT2D eigenvalue weighted by Crippen LogP contribution is 2.28. The van der Waals surface area contributed by atoms with Crippen molar-refractivity contribution >= 4 is 6.29 Å². The van der Waals surface area contributed by atoms with E-state index in [0.717, 1.165) is 6.29 Å². The van der Waals surface area contributed by atoms with Crippen LogP contribution in [0.5, 0.6) is 0 Å². The van der Waals surface area contributed by atoms with Crippen LogP contribution in [0.1, 0.15) is 12.8 Å². The maximum atomic E-state index is 10.5. The summed E-state index contributed by atoms with van der Waals surface area (Å²) in [5, 5.41) is 27.3. The molecule has 0 spiro atoms. The summed E-state index contributed by atoms with van der Waals surface area (Å²) in [7, 11) is 0. The van der Waals surface area contributed by atoms with Crippen molar-refractivity contribution < 1.29 is 20.1 Å². The molecule has 1 rings (SSSR count). The third kappa shape index (κ3) is 1.83. The molecule has 1 saturated carbocycles. The molecule has 0 aromatic heterocycles. The van der Waals surface area contributed by atoms with E-state index in [-0.39, 0.29) is 24.9 Å². The van der Waals surface area contributed by atoms with Gasteiger partial charge >= 0.3 is 0 Å². The van der Waals surface area contributed by atoms with Crippen LogP contribution in [0.25, 0.3) is 0 Å². The van der Waals surface area contributed by atoms with Crippen LogP contribution >= 0.6 is 0 Å². The third-order valence-electron chi connectivity index (χ3n) is 2.52. The number of carbonyl (C=O) groups excluding carboxylic acids is 1. The predicted octanol–water partition coefficient (Wildman–Crippen LogP) is -1.07. The molecule has 0 radical (unpaired) electrons. The summed E-state index contributed by atoms with van der Waals surface area (Å²) in [4.78, 5) is 10.5. The Kier molecular flexibility index (Phi) is 3.20. The van der Waals surface area contributed by atoms with E-state index < -0.39 is 12.2 Å². The number of aliphatic hydroxyl groups is 3. The molecule has 1 fully saturated rings. The zero-order chi connectivity index (χ0) is 9.14. The maximum Gasteiger partial charge on any atom is 0.123 e. The van der Waals surface area contributed by atoms with E-state index in [1.807, 2.05) is 0 Å². The van der Waals surface area contributed by atoms with Crippen molar-refractivity contribution in [3.63, 3.8) is 0 Å². The summed E-state index contributed by atoms with van der Waals surface area (Å²) in [6, 6.07) is 0. The fourth-order valence-corrected chi connectivity index (χ4v) is 1.65. The minimum atomic E-state index is -0.817. The quantitative estimate of drug-likeness (QED) is 0.466. The molecular formula is C8H14O4. The molecular weight excluding hydrogens is 160 g/mol. The summed E-state index contributed by atoms with van der Waals surface area (Å²) < 4.78 is 0. The molecule has 0 heterocycles. The Morgan fingerprint density at radius 2 is 1.83 bits per heavy atom. The van der Waals surface area contributed by atoms with Crippen LogP contribution in [0.15, 0.2) is 0 Å². The number of hydrogen-bond acceptors (Lipinski definition) is 4. The Labute approximate surface area is 70.8 Å². The normalized spacial score (nSPS) is 42.6. The molecule has 1 aliphatic rings. The van der Waals surface area contributed by atoms with Crippen LogP contribution in [0.2, 0.25) is 0 Å². The predicted molar refractivity (Wildman–Crippen MR) is 41.4 cm³/mol. The van der Waals surface area contributed by atoms with Gasteiger partial charge in [-0.1, -0.05) is 0 Å². The fraction of sp³-hybridized carbons (Fsp3) is 0.875. The average molecular weight is 174 g/mol. The molecule has 12 heavy (non-hydrogen) atoms. The number of aliphatic hydroxyl groups excluding tert-OH is 3. The van der Waals surface area contributed by atoms with Gasteiger partial charge < -0.3 is 20.1 Å². The van der Waals surface area contributed by atoms with Crippen molar-refractivity contribution in [1.29, 1.82) is 0 Å². The largest absolute Gasteiger partial charge is 0.396 e. The highest BCUT2D eigenvalue weighted by Gasteiger charge is 2.34. The van der Waals surface area contributed by atoms with E-state index in [1.54, 1.807) is 0 Å². The molecule has 0 aromatic carbocycles. The SMILES string of the molecule is O=C[C@@H]1C[C@H](O)[C@H](O)C[C@@H]1CO. The lowest BCUT2D eigenvalue weighted by atomic mass is 9.78. The monoisotopic (exact) mass is 174 g/mol. The van der Waals surface area contributed by atoms with Crippen LogP contribution in [0, 0.1) is 11.8 Å². The standard InChI is InChI=1S/C8H14O4/c9-3-5-1-7(11)8(12)2-6(5)4-10/h3,5-8,10-12H,1-2,4H2/t5-,6+,7-,8+/m0/s1. The second-order valence-corrected chi connectivity index (χ2v) is 3.35. The van der Waals surface area contributed by atoms with Gasteiger partial charge in [-0.3, -0.25) is 0 Å². The van der Waals surface area contributed by atoms with Gasteiger partial charge in [0, 0.05) is 12.5 Å². The van der Waals surface area contributed by atoms with Gasteiger partial charge in [0.25, 0.3) is 0 Å². The highest BCUT2D eigenvalue weighted by atomic mass is 16.3. The third-order valence-corrected chi connectivity index (χ3v) is 2.52. The van der Waals surface area contributed by atoms with Gasteiger partial charge in [-0.05, 0) is 18.8 Å². The average Bonchev–Trinajstić information content (AvgIpc) is 2.09. The van der Waals surface area contributed by atoms with E-state index >= 15 is 0 Å². The Morgan fingerprint density at radius 3 is 2.33 bits per heavy atom. The lowest BCUT2D eigenvalue weighted by Crippen LogP contribution is -2.40. The maximum absolute atomic E-state index is 10.5. The molecule has 0 saturated heterocycles. The van der Waals surface area contributed by atoms with Gasteiger partial charge in [-0.25, -0.2) is 0 Å². The first-order valence-corrected chi connectivity index (χ1v) is 4.11. The van der Waals surface area contributed by atoms with Crippen molar-refractivity contribution in [2.45, 2.75) is 25.0 Å². The number of carbonyl (C=O) groups is 1. The van der Waals surface area contributed by atoms with Gasteiger partial charge in [-0.15, -0.1) is 0 Å². The fourth-order valence-electron chi connectivity index (χ4n) is 1.65. The molecule has 4 heteroatoms. The summed E-state index contributed by atoms with van der Waals surface area (Å²) in [5.74, 6) is -0.505. The Balaban J connectivity index is 2.57. The highest BCUT2D eigenvalue weighted by molar-refractivity contribution is 5.54. The Bertz CT molecular complexity index is 159. The van der Waals surface area contributed by atoms with Crippen LogP contribution in [-0.2, 0) is 4.79 Å². The molecule has 4 atom stereocenters. The van der Waals surface area contributed by atoms with Gasteiger partial charge in [0.2, 0.25) is 0 Å². The minimum absolute atomic E-state index is 0.104. The van der Waals surface area contributed by atoms with Gasteiger partial charge in [-0.2, -0.15) is 0 Å². The van der Waals surface area contributed by atoms with Gasteiger partial charge in [0.1, 0.15) is 6.29 Å². The molecule has 0 aromatic rings. The topological polar surface area (TPSA) is 77.8 Å². The zero-order valence-electron chi connectivity index (χ0n) is 6.76. The van der Waals surface area contributed by atoms with Crippen molar-refractivity contribution in [2.24, 2.45) is 11.8 Å². The van der Waals surface area contributed by atoms with E-state index in [1.165, 1.54) is 0 Å². The van der Waals surface area contributed by atoms with E-state index in [9.17, 15) is 15.0 Å². The van der Waals surface area contributed by atoms with Gasteiger partial charge in [0.05, 0.1) is 12.2 Å². The Hall–Kier alpha value is -0.450. The van der Waals surface area contributed by atoms with E-state index in [0.29, 0.717) is 6.42 Å². The molecule has 70 valence electrons. The van der Waals surface area contributed by atoms with Crippen molar-refractivity contribution in [1.82, 2.24) is 0 Å². The summed E-state index contributed by atoms with van der Waals surface area (Å²) >= 11 is 0. The van der Waals surface area contributed by atoms with Crippen LogP contribution in [0.3, 0.4) is 0 Å². The number of hydrogen-bond donors (Lipinski definition) is 3. The second-order valence-electron chi connectivity index (χ2n) is 3.35. The van der Waals surface area contributed by atoms with E-state index in [2.05, 4.69) is 0 Å². The van der Waals surface area contributed by atoms with Crippen LogP contribution in [-0.4, -0.2) is 40.4 Å². The smallest absolute Gasteiger partial charge is 0.123 e. The lowest BCUT2D eigenvalue weighted by molar-refractivity contribution is -0.120. The first kappa shape index (κ1) is 9.64. The van der Waals surface area contributed by atoms with E-state index in [4.69, 9.17) is 5.11 Å². The summed E-state index contributed by atoms with van der Waals surface area (Å²) in [6.07, 6.45) is -0.297. The molecule has 4 nitrogen and oxygen atoms in total. The number of aldehydes is 1. The number of rotatable bonds is 2. The molecule has 0 amide bonds. The molecule has 0 aliphatic heterocycles.